The molecule has 0 saturated heterocycles. The van der Waals surface area contributed by atoms with Gasteiger partial charge in [0.1, 0.15) is 11.6 Å². The summed E-state index contributed by atoms with van der Waals surface area (Å²) in [4.78, 5) is 13.7. The number of nitrogens with zero attached hydrogens (tertiary/aromatic N) is 3. The Bertz CT molecular complexity index is 1520. The van der Waals surface area contributed by atoms with Crippen LogP contribution in [0.3, 0.4) is 0 Å². The van der Waals surface area contributed by atoms with E-state index < -0.39 is 15.8 Å². The molecular weight excluding hydrogens is 465 g/mol. The number of hydrogen-bond donors (Lipinski definition) is 2. The SMILES string of the molecule is Nc1nc2cc(-c3ncccc3-c3cc(F)ccc3S(N)(=O)=O)ccc2nc1CC1CCCCC1. The topological polar surface area (TPSA) is 125 Å². The first-order valence-corrected chi connectivity index (χ1v) is 13.2. The van der Waals surface area contributed by atoms with Gasteiger partial charge >= 0.3 is 0 Å². The molecule has 0 aliphatic heterocycles. The average molecular weight is 492 g/mol. The molecule has 0 spiro atoms. The van der Waals surface area contributed by atoms with Gasteiger partial charge in [-0.25, -0.2) is 27.9 Å². The fraction of sp³-hybridized carbons (Fsp3) is 0.269. The molecule has 1 fully saturated rings. The van der Waals surface area contributed by atoms with Gasteiger partial charge in [0, 0.05) is 22.9 Å². The Morgan fingerprint density at radius 2 is 1.74 bits per heavy atom. The second-order valence-corrected chi connectivity index (χ2v) is 10.6. The van der Waals surface area contributed by atoms with Gasteiger partial charge in [0.25, 0.3) is 0 Å². The zero-order chi connectivity index (χ0) is 24.6. The molecule has 0 bridgehead atoms. The molecule has 0 amide bonds. The Morgan fingerprint density at radius 3 is 2.51 bits per heavy atom. The predicted octanol–water partition coefficient (Wildman–Crippen LogP) is 4.85. The molecule has 180 valence electrons. The third-order valence-electron chi connectivity index (χ3n) is 6.59. The second-order valence-electron chi connectivity index (χ2n) is 9.05. The van der Waals surface area contributed by atoms with E-state index in [1.54, 1.807) is 18.3 Å². The summed E-state index contributed by atoms with van der Waals surface area (Å²) in [5.74, 6) is 0.431. The number of pyridine rings is 1. The first kappa shape index (κ1) is 23.3. The van der Waals surface area contributed by atoms with Crippen LogP contribution in [-0.4, -0.2) is 23.4 Å². The number of halogens is 1. The molecule has 1 saturated carbocycles. The van der Waals surface area contributed by atoms with Crippen molar-refractivity contribution in [1.29, 1.82) is 0 Å². The van der Waals surface area contributed by atoms with E-state index in [0.717, 1.165) is 35.8 Å². The van der Waals surface area contributed by atoms with E-state index in [-0.39, 0.29) is 10.5 Å². The summed E-state index contributed by atoms with van der Waals surface area (Å²) < 4.78 is 38.5. The summed E-state index contributed by atoms with van der Waals surface area (Å²) in [6.45, 7) is 0. The van der Waals surface area contributed by atoms with Gasteiger partial charge in [-0.1, -0.05) is 44.2 Å². The maximum Gasteiger partial charge on any atom is 0.238 e. The van der Waals surface area contributed by atoms with Crippen LogP contribution in [0.1, 0.15) is 37.8 Å². The van der Waals surface area contributed by atoms with Crippen LogP contribution in [0, 0.1) is 11.7 Å². The zero-order valence-electron chi connectivity index (χ0n) is 19.1. The van der Waals surface area contributed by atoms with Gasteiger partial charge < -0.3 is 5.73 Å². The number of anilines is 1. The molecule has 35 heavy (non-hydrogen) atoms. The summed E-state index contributed by atoms with van der Waals surface area (Å²) in [5, 5.41) is 5.40. The van der Waals surface area contributed by atoms with Gasteiger partial charge in [-0.05, 0) is 48.7 Å². The minimum atomic E-state index is -4.09. The van der Waals surface area contributed by atoms with E-state index in [0.29, 0.717) is 34.1 Å². The van der Waals surface area contributed by atoms with Crippen LogP contribution < -0.4 is 10.9 Å². The number of sulfonamides is 1. The highest BCUT2D eigenvalue weighted by atomic mass is 32.2. The van der Waals surface area contributed by atoms with E-state index in [1.807, 2.05) is 18.2 Å². The molecule has 7 nitrogen and oxygen atoms in total. The van der Waals surface area contributed by atoms with Crippen molar-refractivity contribution in [2.75, 3.05) is 5.73 Å². The van der Waals surface area contributed by atoms with Crippen molar-refractivity contribution in [1.82, 2.24) is 15.0 Å². The number of aromatic nitrogens is 3. The van der Waals surface area contributed by atoms with Crippen LogP contribution in [0.15, 0.2) is 59.6 Å². The molecule has 0 radical (unpaired) electrons. The number of nitrogens with two attached hydrogens (primary N) is 2. The fourth-order valence-corrected chi connectivity index (χ4v) is 5.61. The molecule has 2 heterocycles. The van der Waals surface area contributed by atoms with Gasteiger partial charge in [0.2, 0.25) is 10.0 Å². The quantitative estimate of drug-likeness (QED) is 0.411. The number of primary sulfonamides is 1. The van der Waals surface area contributed by atoms with Crippen molar-refractivity contribution in [2.24, 2.45) is 11.1 Å². The lowest BCUT2D eigenvalue weighted by molar-refractivity contribution is 0.354. The number of fused-ring (bicyclic) bond motifs is 1. The first-order valence-electron chi connectivity index (χ1n) is 11.6. The lowest BCUT2D eigenvalue weighted by Crippen LogP contribution is -2.13. The number of rotatable bonds is 5. The Balaban J connectivity index is 1.57. The summed E-state index contributed by atoms with van der Waals surface area (Å²) >= 11 is 0. The van der Waals surface area contributed by atoms with Crippen LogP contribution in [0.4, 0.5) is 10.2 Å². The summed E-state index contributed by atoms with van der Waals surface area (Å²) in [5.41, 5.74) is 10.2. The van der Waals surface area contributed by atoms with Crippen molar-refractivity contribution in [3.63, 3.8) is 0 Å². The van der Waals surface area contributed by atoms with Gasteiger partial charge in [-0.3, -0.25) is 4.98 Å². The van der Waals surface area contributed by atoms with Crippen LogP contribution in [0.2, 0.25) is 0 Å². The molecule has 1 aliphatic carbocycles. The molecule has 2 aromatic heterocycles. The van der Waals surface area contributed by atoms with Gasteiger partial charge in [-0.2, -0.15) is 0 Å². The van der Waals surface area contributed by atoms with Crippen molar-refractivity contribution in [3.8, 4) is 22.4 Å². The fourth-order valence-electron chi connectivity index (χ4n) is 4.88. The number of benzene rings is 2. The molecule has 1 aliphatic rings. The lowest BCUT2D eigenvalue weighted by Gasteiger charge is -2.21. The monoisotopic (exact) mass is 491 g/mol. The Hall–Kier alpha value is -3.43. The van der Waals surface area contributed by atoms with E-state index in [2.05, 4.69) is 9.97 Å². The normalized spacial score (nSPS) is 14.9. The summed E-state index contributed by atoms with van der Waals surface area (Å²) in [6, 6.07) is 12.2. The maximum atomic E-state index is 14.1. The highest BCUT2D eigenvalue weighted by Crippen LogP contribution is 2.35. The minimum absolute atomic E-state index is 0.143. The third kappa shape index (κ3) is 4.87. The molecular formula is C26H26FN5O2S. The molecule has 9 heteroatoms. The first-order chi connectivity index (χ1) is 16.8. The van der Waals surface area contributed by atoms with Crippen molar-refractivity contribution in [2.45, 2.75) is 43.4 Å². The van der Waals surface area contributed by atoms with Gasteiger partial charge in [-0.15, -0.1) is 0 Å². The second kappa shape index (κ2) is 9.31. The molecule has 4 N–H and O–H groups in total. The van der Waals surface area contributed by atoms with Gasteiger partial charge in [0.05, 0.1) is 27.3 Å². The van der Waals surface area contributed by atoms with Crippen molar-refractivity contribution in [3.05, 3.63) is 66.2 Å². The third-order valence-corrected chi connectivity index (χ3v) is 7.56. The average Bonchev–Trinajstić information content (AvgIpc) is 2.84. The van der Waals surface area contributed by atoms with E-state index in [1.165, 1.54) is 32.1 Å². The Morgan fingerprint density at radius 1 is 0.943 bits per heavy atom. The standard InChI is InChI=1S/C26H26FN5O2S/c27-18-9-11-24(35(29,33)34)20(15-18)19-7-4-12-30-25(19)17-8-10-21-22(14-17)32-26(28)23(31-21)13-16-5-2-1-3-6-16/h4,7-12,14-16H,1-3,5-6,13H2,(H2,28,32)(H2,29,33,34). The van der Waals surface area contributed by atoms with E-state index in [4.69, 9.17) is 15.9 Å². The van der Waals surface area contributed by atoms with Crippen LogP contribution >= 0.6 is 0 Å². The molecule has 0 unspecified atom stereocenters. The van der Waals surface area contributed by atoms with Crippen LogP contribution in [0.5, 0.6) is 0 Å². The lowest BCUT2D eigenvalue weighted by atomic mass is 9.86. The highest BCUT2D eigenvalue weighted by molar-refractivity contribution is 7.89. The molecule has 2 aromatic carbocycles. The Labute approximate surface area is 203 Å². The summed E-state index contributed by atoms with van der Waals surface area (Å²) in [6.07, 6.45) is 8.60. The minimum Gasteiger partial charge on any atom is -0.382 e. The van der Waals surface area contributed by atoms with Crippen LogP contribution in [-0.2, 0) is 16.4 Å². The summed E-state index contributed by atoms with van der Waals surface area (Å²) in [7, 11) is -4.09. The molecule has 4 aromatic rings. The molecule has 0 atom stereocenters. The maximum absolute atomic E-state index is 14.1. The highest BCUT2D eigenvalue weighted by Gasteiger charge is 2.21. The number of nitrogen functional groups attached to an aromatic ring is 1. The molecule has 5 rings (SSSR count). The van der Waals surface area contributed by atoms with Crippen LogP contribution in [0.25, 0.3) is 33.4 Å². The van der Waals surface area contributed by atoms with Crippen molar-refractivity contribution < 1.29 is 12.8 Å². The van der Waals surface area contributed by atoms with Crippen molar-refractivity contribution >= 4 is 26.9 Å². The largest absolute Gasteiger partial charge is 0.382 e. The zero-order valence-corrected chi connectivity index (χ0v) is 19.9. The van der Waals surface area contributed by atoms with Gasteiger partial charge in [0.15, 0.2) is 0 Å². The van der Waals surface area contributed by atoms with E-state index in [9.17, 15) is 12.8 Å². The number of hydrogen-bond acceptors (Lipinski definition) is 6. The Kier molecular flexibility index (Phi) is 6.21. The predicted molar refractivity (Wildman–Crippen MR) is 134 cm³/mol. The smallest absolute Gasteiger partial charge is 0.238 e. The van der Waals surface area contributed by atoms with E-state index >= 15 is 0 Å².